The number of fused-ring (bicyclic) bond motifs is 2. The summed E-state index contributed by atoms with van der Waals surface area (Å²) in [5.41, 5.74) is 1.36. The molecule has 3 atom stereocenters. The molecular weight excluding hydrogens is 376 g/mol. The lowest BCUT2D eigenvalue weighted by atomic mass is 9.61. The number of methoxy groups -OCH3 is 1. The molecule has 5 heteroatoms. The zero-order chi connectivity index (χ0) is 21.8. The molecule has 0 aromatic heterocycles. The lowest BCUT2D eigenvalue weighted by molar-refractivity contribution is -0.139. The van der Waals surface area contributed by atoms with E-state index >= 15 is 0 Å². The van der Waals surface area contributed by atoms with Gasteiger partial charge in [0.2, 0.25) is 0 Å². The number of aliphatic hydroxyl groups is 1. The van der Waals surface area contributed by atoms with E-state index in [4.69, 9.17) is 4.74 Å². The zero-order valence-electron chi connectivity index (χ0n) is 19.0. The Bertz CT molecular complexity index is 746. The molecule has 0 aliphatic heterocycles. The Kier molecular flexibility index (Phi) is 7.38. The first-order chi connectivity index (χ1) is 14.2. The zero-order valence-corrected chi connectivity index (χ0v) is 19.0. The SMILES string of the molecule is COC(C)(C)C(=O)NCCCN(C)CC[C@]1(O)C[C@H]2CC[C@@H]1C=C2c1ccccc1. The minimum Gasteiger partial charge on any atom is -0.389 e. The van der Waals surface area contributed by atoms with Gasteiger partial charge in [-0.15, -0.1) is 0 Å². The molecule has 166 valence electrons. The number of allylic oxidation sites excluding steroid dienone is 1. The molecule has 0 radical (unpaired) electrons. The molecule has 0 unspecified atom stereocenters. The number of hydrogen-bond acceptors (Lipinski definition) is 4. The summed E-state index contributed by atoms with van der Waals surface area (Å²) >= 11 is 0. The van der Waals surface area contributed by atoms with Crippen LogP contribution in [0.1, 0.15) is 51.5 Å². The molecule has 30 heavy (non-hydrogen) atoms. The molecule has 4 rings (SSSR count). The van der Waals surface area contributed by atoms with Gasteiger partial charge in [-0.2, -0.15) is 0 Å². The lowest BCUT2D eigenvalue weighted by Gasteiger charge is -2.48. The van der Waals surface area contributed by atoms with Gasteiger partial charge in [-0.1, -0.05) is 36.4 Å². The molecule has 1 fully saturated rings. The van der Waals surface area contributed by atoms with Crippen LogP contribution in [-0.4, -0.2) is 60.9 Å². The molecule has 1 aromatic rings. The second kappa shape index (κ2) is 9.63. The predicted molar refractivity (Wildman–Crippen MR) is 121 cm³/mol. The number of hydrogen-bond donors (Lipinski definition) is 2. The molecule has 2 N–H and O–H groups in total. The van der Waals surface area contributed by atoms with Crippen LogP contribution < -0.4 is 5.32 Å². The van der Waals surface area contributed by atoms with Crippen molar-refractivity contribution in [1.82, 2.24) is 10.2 Å². The summed E-state index contributed by atoms with van der Waals surface area (Å²) in [6.07, 6.45) is 7.16. The highest BCUT2D eigenvalue weighted by molar-refractivity contribution is 5.84. The average molecular weight is 415 g/mol. The van der Waals surface area contributed by atoms with E-state index in [1.54, 1.807) is 21.0 Å². The summed E-state index contributed by atoms with van der Waals surface area (Å²) in [7, 11) is 3.64. The second-order valence-electron chi connectivity index (χ2n) is 9.55. The maximum Gasteiger partial charge on any atom is 0.251 e. The van der Waals surface area contributed by atoms with E-state index < -0.39 is 11.2 Å². The Morgan fingerprint density at radius 2 is 2.00 bits per heavy atom. The van der Waals surface area contributed by atoms with Crippen LogP contribution in [-0.2, 0) is 9.53 Å². The predicted octanol–water partition coefficient (Wildman–Crippen LogP) is 3.48. The number of carbonyl (C=O) groups excluding carboxylic acids is 1. The summed E-state index contributed by atoms with van der Waals surface area (Å²) < 4.78 is 5.20. The molecule has 1 aromatic carbocycles. The van der Waals surface area contributed by atoms with E-state index in [0.717, 1.165) is 38.8 Å². The van der Waals surface area contributed by atoms with Crippen LogP contribution >= 0.6 is 0 Å². The van der Waals surface area contributed by atoms with Crippen LogP contribution in [0.2, 0.25) is 0 Å². The van der Waals surface area contributed by atoms with Crippen LogP contribution in [0.25, 0.3) is 5.57 Å². The molecule has 0 heterocycles. The van der Waals surface area contributed by atoms with Gasteiger partial charge in [-0.25, -0.2) is 0 Å². The van der Waals surface area contributed by atoms with Crippen molar-refractivity contribution < 1.29 is 14.6 Å². The fourth-order valence-electron chi connectivity index (χ4n) is 4.79. The van der Waals surface area contributed by atoms with Crippen LogP contribution in [0.5, 0.6) is 0 Å². The fraction of sp³-hybridized carbons (Fsp3) is 0.640. The number of nitrogens with zero attached hydrogens (tertiary/aromatic N) is 1. The van der Waals surface area contributed by atoms with Gasteiger partial charge in [0.1, 0.15) is 5.60 Å². The maximum atomic E-state index is 12.0. The van der Waals surface area contributed by atoms with Gasteiger partial charge in [0.15, 0.2) is 0 Å². The van der Waals surface area contributed by atoms with Crippen molar-refractivity contribution in [3.8, 4) is 0 Å². The molecular formula is C25H38N2O3. The number of ether oxygens (including phenoxy) is 1. The standard InChI is InChI=1S/C25H38N2O3/c1-24(2,30-4)23(28)26-14-8-15-27(3)16-13-25(29)18-20-11-12-21(25)17-22(20)19-9-6-5-7-10-19/h5-7,9-10,17,20-21,29H,8,11-16,18H2,1-4H3,(H,26,28)/t20-,21-,25+/m1/s1. The molecule has 3 aliphatic rings. The minimum atomic E-state index is -0.790. The summed E-state index contributed by atoms with van der Waals surface area (Å²) in [4.78, 5) is 14.3. The third-order valence-corrected chi connectivity index (χ3v) is 7.03. The van der Waals surface area contributed by atoms with E-state index in [2.05, 4.69) is 53.7 Å². The van der Waals surface area contributed by atoms with Gasteiger partial charge < -0.3 is 20.1 Å². The fourth-order valence-corrected chi connectivity index (χ4v) is 4.79. The molecule has 3 aliphatic carbocycles. The van der Waals surface area contributed by atoms with Crippen molar-refractivity contribution in [2.24, 2.45) is 11.8 Å². The minimum absolute atomic E-state index is 0.0822. The quantitative estimate of drug-likeness (QED) is 0.576. The lowest BCUT2D eigenvalue weighted by Crippen LogP contribution is -2.48. The molecule has 1 saturated carbocycles. The maximum absolute atomic E-state index is 12.0. The van der Waals surface area contributed by atoms with Crippen molar-refractivity contribution >= 4 is 11.5 Å². The van der Waals surface area contributed by atoms with Crippen molar-refractivity contribution in [2.45, 2.75) is 57.2 Å². The molecule has 2 bridgehead atoms. The van der Waals surface area contributed by atoms with E-state index in [9.17, 15) is 9.90 Å². The number of carbonyl (C=O) groups is 1. The molecule has 0 spiro atoms. The normalized spacial score (nSPS) is 26.0. The highest BCUT2D eigenvalue weighted by atomic mass is 16.5. The summed E-state index contributed by atoms with van der Waals surface area (Å²) in [6.45, 7) is 5.93. The van der Waals surface area contributed by atoms with Crippen LogP contribution in [0.15, 0.2) is 36.4 Å². The Hall–Kier alpha value is -1.69. The largest absolute Gasteiger partial charge is 0.389 e. The number of amides is 1. The highest BCUT2D eigenvalue weighted by Gasteiger charge is 2.46. The Morgan fingerprint density at radius 1 is 1.27 bits per heavy atom. The third-order valence-electron chi connectivity index (χ3n) is 7.03. The highest BCUT2D eigenvalue weighted by Crippen LogP contribution is 2.51. The van der Waals surface area contributed by atoms with Gasteiger partial charge in [0.05, 0.1) is 5.60 Å². The van der Waals surface area contributed by atoms with Gasteiger partial charge in [-0.05, 0) is 76.6 Å². The van der Waals surface area contributed by atoms with Crippen molar-refractivity contribution in [2.75, 3.05) is 33.8 Å². The van der Waals surface area contributed by atoms with Gasteiger partial charge in [0.25, 0.3) is 5.91 Å². The van der Waals surface area contributed by atoms with Gasteiger partial charge in [0, 0.05) is 26.1 Å². The van der Waals surface area contributed by atoms with Crippen LogP contribution in [0, 0.1) is 11.8 Å². The number of benzene rings is 1. The van der Waals surface area contributed by atoms with Crippen molar-refractivity contribution in [1.29, 1.82) is 0 Å². The van der Waals surface area contributed by atoms with Gasteiger partial charge >= 0.3 is 0 Å². The van der Waals surface area contributed by atoms with Crippen LogP contribution in [0.4, 0.5) is 0 Å². The van der Waals surface area contributed by atoms with E-state index in [1.807, 2.05) is 0 Å². The first kappa shape index (κ1) is 23.0. The second-order valence-corrected chi connectivity index (χ2v) is 9.55. The third kappa shape index (κ3) is 5.32. The first-order valence-corrected chi connectivity index (χ1v) is 11.3. The van der Waals surface area contributed by atoms with E-state index in [1.165, 1.54) is 17.6 Å². The van der Waals surface area contributed by atoms with Crippen LogP contribution in [0.3, 0.4) is 0 Å². The average Bonchev–Trinajstić information content (AvgIpc) is 2.76. The number of nitrogens with one attached hydrogen (secondary N) is 1. The summed E-state index contributed by atoms with van der Waals surface area (Å²) in [5, 5.41) is 14.3. The Labute approximate surface area is 181 Å². The van der Waals surface area contributed by atoms with Crippen molar-refractivity contribution in [3.63, 3.8) is 0 Å². The van der Waals surface area contributed by atoms with Crippen molar-refractivity contribution in [3.05, 3.63) is 42.0 Å². The first-order valence-electron chi connectivity index (χ1n) is 11.3. The molecule has 5 nitrogen and oxygen atoms in total. The summed E-state index contributed by atoms with van der Waals surface area (Å²) in [6, 6.07) is 10.6. The topological polar surface area (TPSA) is 61.8 Å². The summed E-state index contributed by atoms with van der Waals surface area (Å²) in [5.74, 6) is 0.634. The molecule has 0 saturated heterocycles. The van der Waals surface area contributed by atoms with E-state index in [-0.39, 0.29) is 11.8 Å². The monoisotopic (exact) mass is 414 g/mol. The smallest absolute Gasteiger partial charge is 0.251 e. The Balaban J connectivity index is 1.45. The number of rotatable bonds is 10. The Morgan fingerprint density at radius 3 is 2.63 bits per heavy atom. The van der Waals surface area contributed by atoms with E-state index in [0.29, 0.717) is 12.5 Å². The van der Waals surface area contributed by atoms with Gasteiger partial charge in [-0.3, -0.25) is 4.79 Å². The molecule has 1 amide bonds.